The lowest BCUT2D eigenvalue weighted by Gasteiger charge is -2.43. The Morgan fingerprint density at radius 2 is 2.11 bits per heavy atom. The molecule has 0 amide bonds. The van der Waals surface area contributed by atoms with Crippen molar-refractivity contribution in [1.29, 1.82) is 0 Å². The first kappa shape index (κ1) is 13.9. The fourth-order valence-electron chi connectivity index (χ4n) is 2.69. The van der Waals surface area contributed by atoms with Crippen molar-refractivity contribution < 1.29 is 0 Å². The number of hydrogen-bond acceptors (Lipinski definition) is 2. The normalized spacial score (nSPS) is 24.7. The lowest BCUT2D eigenvalue weighted by molar-refractivity contribution is 0.349. The summed E-state index contributed by atoms with van der Waals surface area (Å²) in [6.07, 6.45) is 0. The maximum absolute atomic E-state index is 3.59. The third-order valence-electron chi connectivity index (χ3n) is 3.80. The molecule has 0 spiro atoms. The van der Waals surface area contributed by atoms with E-state index in [0.717, 1.165) is 17.6 Å². The summed E-state index contributed by atoms with van der Waals surface area (Å²) in [5.74, 6) is 0.656. The van der Waals surface area contributed by atoms with Crippen LogP contribution in [0, 0.1) is 12.8 Å². The van der Waals surface area contributed by atoms with E-state index in [2.05, 4.69) is 72.0 Å². The maximum Gasteiger partial charge on any atom is 0.0438 e. The molecule has 1 saturated heterocycles. The van der Waals surface area contributed by atoms with Crippen LogP contribution in [0.5, 0.6) is 0 Å². The Hall–Kier alpha value is -0.540. The Kier molecular flexibility index (Phi) is 4.33. The van der Waals surface area contributed by atoms with Crippen molar-refractivity contribution in [3.63, 3.8) is 0 Å². The van der Waals surface area contributed by atoms with Crippen LogP contribution in [-0.4, -0.2) is 25.2 Å². The van der Waals surface area contributed by atoms with Crippen LogP contribution in [0.3, 0.4) is 0 Å². The summed E-state index contributed by atoms with van der Waals surface area (Å²) in [7, 11) is 0. The summed E-state index contributed by atoms with van der Waals surface area (Å²) < 4.78 is 1.16. The van der Waals surface area contributed by atoms with Crippen LogP contribution in [-0.2, 0) is 0 Å². The predicted molar refractivity (Wildman–Crippen MR) is 82.3 cm³/mol. The van der Waals surface area contributed by atoms with Gasteiger partial charge in [-0.05, 0) is 37.5 Å². The van der Waals surface area contributed by atoms with Crippen LogP contribution >= 0.6 is 15.9 Å². The standard InChI is InChI=1S/C15H23BrN2/c1-10(2)15-8-17-12(4)9-18(15)14-7-13(16)6-5-11(14)3/h5-7,10,12,15,17H,8-9H2,1-4H3. The van der Waals surface area contributed by atoms with Gasteiger partial charge in [0.2, 0.25) is 0 Å². The highest BCUT2D eigenvalue weighted by Gasteiger charge is 2.28. The van der Waals surface area contributed by atoms with Crippen molar-refractivity contribution in [3.8, 4) is 0 Å². The molecule has 2 atom stereocenters. The molecule has 18 heavy (non-hydrogen) atoms. The monoisotopic (exact) mass is 310 g/mol. The first-order valence-corrected chi connectivity index (χ1v) is 7.54. The van der Waals surface area contributed by atoms with Gasteiger partial charge in [0, 0.05) is 35.3 Å². The van der Waals surface area contributed by atoms with E-state index in [1.807, 2.05) is 0 Å². The quantitative estimate of drug-likeness (QED) is 0.898. The van der Waals surface area contributed by atoms with Crippen LogP contribution < -0.4 is 10.2 Å². The zero-order valence-electron chi connectivity index (χ0n) is 11.7. The molecule has 1 aliphatic rings. The number of benzene rings is 1. The Balaban J connectivity index is 2.34. The van der Waals surface area contributed by atoms with Crippen molar-refractivity contribution >= 4 is 21.6 Å². The fraction of sp³-hybridized carbons (Fsp3) is 0.600. The maximum atomic E-state index is 3.59. The van der Waals surface area contributed by atoms with Gasteiger partial charge in [-0.1, -0.05) is 35.8 Å². The van der Waals surface area contributed by atoms with Crippen molar-refractivity contribution in [3.05, 3.63) is 28.2 Å². The molecule has 1 N–H and O–H groups in total. The van der Waals surface area contributed by atoms with E-state index in [1.165, 1.54) is 11.3 Å². The molecular weight excluding hydrogens is 288 g/mol. The third kappa shape index (κ3) is 2.89. The highest BCUT2D eigenvalue weighted by molar-refractivity contribution is 9.10. The van der Waals surface area contributed by atoms with Crippen LogP contribution in [0.1, 0.15) is 26.3 Å². The molecule has 3 heteroatoms. The summed E-state index contributed by atoms with van der Waals surface area (Å²) in [5, 5.41) is 3.59. The minimum absolute atomic E-state index is 0.554. The largest absolute Gasteiger partial charge is 0.365 e. The van der Waals surface area contributed by atoms with E-state index in [9.17, 15) is 0 Å². The van der Waals surface area contributed by atoms with Gasteiger partial charge in [0.05, 0.1) is 0 Å². The lowest BCUT2D eigenvalue weighted by Crippen LogP contribution is -2.57. The number of aryl methyl sites for hydroxylation is 1. The SMILES string of the molecule is Cc1ccc(Br)cc1N1CC(C)NCC1C(C)C. The second kappa shape index (κ2) is 5.62. The summed E-state index contributed by atoms with van der Waals surface area (Å²) in [6, 6.07) is 7.70. The molecule has 0 bridgehead atoms. The van der Waals surface area contributed by atoms with Crippen LogP contribution in [0.25, 0.3) is 0 Å². The van der Waals surface area contributed by atoms with Crippen molar-refractivity contribution in [2.45, 2.75) is 39.8 Å². The molecule has 0 aliphatic carbocycles. The van der Waals surface area contributed by atoms with Gasteiger partial charge in [-0.2, -0.15) is 0 Å². The molecule has 1 heterocycles. The Morgan fingerprint density at radius 1 is 1.39 bits per heavy atom. The van der Waals surface area contributed by atoms with E-state index in [4.69, 9.17) is 0 Å². The third-order valence-corrected chi connectivity index (χ3v) is 4.29. The van der Waals surface area contributed by atoms with E-state index in [0.29, 0.717) is 18.0 Å². The Bertz CT molecular complexity index is 417. The fourth-order valence-corrected chi connectivity index (χ4v) is 3.04. The van der Waals surface area contributed by atoms with Gasteiger partial charge in [0.15, 0.2) is 0 Å². The minimum atomic E-state index is 0.554. The molecule has 0 saturated carbocycles. The first-order valence-electron chi connectivity index (χ1n) is 6.75. The first-order chi connectivity index (χ1) is 8.49. The van der Waals surface area contributed by atoms with Crippen molar-refractivity contribution in [2.24, 2.45) is 5.92 Å². The molecule has 100 valence electrons. The highest BCUT2D eigenvalue weighted by Crippen LogP contribution is 2.29. The number of piperazine rings is 1. The van der Waals surface area contributed by atoms with Gasteiger partial charge < -0.3 is 10.2 Å². The Labute approximate surface area is 119 Å². The lowest BCUT2D eigenvalue weighted by atomic mass is 9.97. The molecule has 0 aromatic heterocycles. The average molecular weight is 311 g/mol. The van der Waals surface area contributed by atoms with Crippen molar-refractivity contribution in [1.82, 2.24) is 5.32 Å². The second-order valence-electron chi connectivity index (χ2n) is 5.70. The summed E-state index contributed by atoms with van der Waals surface area (Å²) in [6.45, 7) is 11.2. The zero-order valence-corrected chi connectivity index (χ0v) is 13.3. The second-order valence-corrected chi connectivity index (χ2v) is 6.62. The van der Waals surface area contributed by atoms with E-state index >= 15 is 0 Å². The van der Waals surface area contributed by atoms with Gasteiger partial charge in [-0.3, -0.25) is 0 Å². The topological polar surface area (TPSA) is 15.3 Å². The zero-order chi connectivity index (χ0) is 13.3. The number of hydrogen-bond donors (Lipinski definition) is 1. The van der Waals surface area contributed by atoms with Gasteiger partial charge in [0.25, 0.3) is 0 Å². The van der Waals surface area contributed by atoms with Crippen LogP contribution in [0.2, 0.25) is 0 Å². The number of halogens is 1. The van der Waals surface area contributed by atoms with Crippen LogP contribution in [0.4, 0.5) is 5.69 Å². The van der Waals surface area contributed by atoms with Gasteiger partial charge in [-0.15, -0.1) is 0 Å². The molecule has 2 rings (SSSR count). The Morgan fingerprint density at radius 3 is 2.78 bits per heavy atom. The van der Waals surface area contributed by atoms with Crippen molar-refractivity contribution in [2.75, 3.05) is 18.0 Å². The highest BCUT2D eigenvalue weighted by atomic mass is 79.9. The molecule has 1 aromatic rings. The summed E-state index contributed by atoms with van der Waals surface area (Å²) in [4.78, 5) is 2.58. The van der Waals surface area contributed by atoms with Gasteiger partial charge in [-0.25, -0.2) is 0 Å². The van der Waals surface area contributed by atoms with Gasteiger partial charge >= 0.3 is 0 Å². The smallest absolute Gasteiger partial charge is 0.0438 e. The minimum Gasteiger partial charge on any atom is -0.365 e. The number of nitrogens with one attached hydrogen (secondary N) is 1. The summed E-state index contributed by atoms with van der Waals surface area (Å²) >= 11 is 3.59. The van der Waals surface area contributed by atoms with E-state index in [-0.39, 0.29) is 0 Å². The molecule has 1 aromatic carbocycles. The molecular formula is C15H23BrN2. The molecule has 2 nitrogen and oxygen atoms in total. The molecule has 0 radical (unpaired) electrons. The summed E-state index contributed by atoms with van der Waals surface area (Å²) in [5.41, 5.74) is 2.73. The average Bonchev–Trinajstić information content (AvgIpc) is 2.31. The number of rotatable bonds is 2. The molecule has 2 unspecified atom stereocenters. The van der Waals surface area contributed by atoms with Crippen LogP contribution in [0.15, 0.2) is 22.7 Å². The van der Waals surface area contributed by atoms with E-state index in [1.54, 1.807) is 0 Å². The number of nitrogens with zero attached hydrogens (tertiary/aromatic N) is 1. The van der Waals surface area contributed by atoms with Gasteiger partial charge in [0.1, 0.15) is 0 Å². The molecule has 1 fully saturated rings. The number of anilines is 1. The van der Waals surface area contributed by atoms with E-state index < -0.39 is 0 Å². The predicted octanol–water partition coefficient (Wildman–Crippen LogP) is 3.58. The molecule has 1 aliphatic heterocycles.